The lowest BCUT2D eigenvalue weighted by Crippen LogP contribution is -2.37. The molecule has 0 bridgehead atoms. The molecule has 6 nitrogen and oxygen atoms in total. The predicted octanol–water partition coefficient (Wildman–Crippen LogP) is 5.22. The molecule has 1 amide bonds. The lowest BCUT2D eigenvalue weighted by atomic mass is 10.0. The lowest BCUT2D eigenvalue weighted by Gasteiger charge is -2.30. The van der Waals surface area contributed by atoms with E-state index in [0.29, 0.717) is 24.8 Å². The molecular weight excluding hydrogens is 416 g/mol. The first kappa shape index (κ1) is 24.8. The molecule has 1 aliphatic heterocycles. The molecule has 6 heteroatoms. The minimum Gasteiger partial charge on any atom is -0.484 e. The first-order valence-electron chi connectivity index (χ1n) is 12.0. The molecule has 0 aliphatic carbocycles. The van der Waals surface area contributed by atoms with Crippen molar-refractivity contribution in [1.82, 2.24) is 4.90 Å². The number of hydrogen-bond donors (Lipinski definition) is 1. The van der Waals surface area contributed by atoms with Crippen molar-refractivity contribution in [3.8, 4) is 5.75 Å². The van der Waals surface area contributed by atoms with E-state index in [1.54, 1.807) is 23.1 Å². The van der Waals surface area contributed by atoms with Gasteiger partial charge in [0.15, 0.2) is 6.61 Å². The zero-order valence-electron chi connectivity index (χ0n) is 19.8. The van der Waals surface area contributed by atoms with Gasteiger partial charge in [-0.1, -0.05) is 51.3 Å². The Hall–Kier alpha value is -2.86. The molecule has 0 radical (unpaired) electrons. The summed E-state index contributed by atoms with van der Waals surface area (Å²) in [5.41, 5.74) is 1.92. The second-order valence-corrected chi connectivity index (χ2v) is 9.19. The van der Waals surface area contributed by atoms with E-state index >= 15 is 0 Å². The third-order valence-corrected chi connectivity index (χ3v) is 5.90. The van der Waals surface area contributed by atoms with E-state index in [2.05, 4.69) is 18.7 Å². The summed E-state index contributed by atoms with van der Waals surface area (Å²) in [6.45, 7) is 7.46. The molecule has 2 aromatic carbocycles. The summed E-state index contributed by atoms with van der Waals surface area (Å²) >= 11 is 0. The highest BCUT2D eigenvalue weighted by Crippen LogP contribution is 2.26. The zero-order chi connectivity index (χ0) is 23.6. The summed E-state index contributed by atoms with van der Waals surface area (Å²) in [6, 6.07) is 14.4. The number of hydrogen-bond acceptors (Lipinski definition) is 4. The average Bonchev–Trinajstić information content (AvgIpc) is 2.79. The van der Waals surface area contributed by atoms with Crippen molar-refractivity contribution in [1.29, 1.82) is 0 Å². The fraction of sp³-hybridized carbons (Fsp3) is 0.481. The van der Waals surface area contributed by atoms with Crippen LogP contribution >= 0.6 is 0 Å². The van der Waals surface area contributed by atoms with Gasteiger partial charge in [-0.05, 0) is 61.2 Å². The van der Waals surface area contributed by atoms with Crippen LogP contribution in [0.4, 0.5) is 5.69 Å². The number of carbonyl (C=O) groups is 2. The molecule has 1 N–H and O–H groups in total. The van der Waals surface area contributed by atoms with E-state index in [1.807, 2.05) is 30.3 Å². The Kier molecular flexibility index (Phi) is 9.31. The van der Waals surface area contributed by atoms with Gasteiger partial charge in [0.05, 0.1) is 5.56 Å². The van der Waals surface area contributed by atoms with Gasteiger partial charge in [0.1, 0.15) is 5.75 Å². The van der Waals surface area contributed by atoms with Gasteiger partial charge >= 0.3 is 5.97 Å². The van der Waals surface area contributed by atoms with Crippen molar-refractivity contribution in [3.63, 3.8) is 0 Å². The number of rotatable bonds is 6. The first-order chi connectivity index (χ1) is 15.9. The van der Waals surface area contributed by atoms with Gasteiger partial charge in [-0.3, -0.25) is 9.69 Å². The van der Waals surface area contributed by atoms with Gasteiger partial charge in [-0.25, -0.2) is 4.79 Å². The van der Waals surface area contributed by atoms with E-state index < -0.39 is 5.97 Å². The SMILES string of the molecule is CC(C)CN1CCCCCCCN(C(=O)COc2ccccc2)c2ccc(C(=O)O)cc2C1. The number of fused-ring (bicyclic) bond motifs is 1. The standard InChI is InChI=1S/C27H36N2O4/c1-21(2)18-28-15-9-4-3-5-10-16-29(26(30)20-33-24-11-7-6-8-12-24)25-14-13-22(27(31)32)17-23(25)19-28/h6-8,11-14,17,21H,3-5,9-10,15-16,18-20H2,1-2H3,(H,31,32). The second kappa shape index (κ2) is 12.4. The van der Waals surface area contributed by atoms with Crippen LogP contribution in [0.25, 0.3) is 0 Å². The van der Waals surface area contributed by atoms with E-state index in [1.165, 1.54) is 6.42 Å². The largest absolute Gasteiger partial charge is 0.484 e. The summed E-state index contributed by atoms with van der Waals surface area (Å²) in [4.78, 5) is 29.2. The monoisotopic (exact) mass is 452 g/mol. The van der Waals surface area contributed by atoms with Crippen LogP contribution in [-0.4, -0.2) is 48.1 Å². The Morgan fingerprint density at radius 3 is 2.36 bits per heavy atom. The molecule has 1 aliphatic rings. The van der Waals surface area contributed by atoms with Crippen LogP contribution in [0, 0.1) is 5.92 Å². The number of carbonyl (C=O) groups excluding carboxylic acids is 1. The number of para-hydroxylation sites is 1. The van der Waals surface area contributed by atoms with Gasteiger partial charge in [-0.2, -0.15) is 0 Å². The first-order valence-corrected chi connectivity index (χ1v) is 12.0. The van der Waals surface area contributed by atoms with Gasteiger partial charge in [0.25, 0.3) is 5.91 Å². The number of carboxylic acid groups (broad SMARTS) is 1. The molecule has 0 saturated carbocycles. The number of benzene rings is 2. The summed E-state index contributed by atoms with van der Waals surface area (Å²) < 4.78 is 5.75. The maximum absolute atomic E-state index is 13.3. The van der Waals surface area contributed by atoms with Crippen LogP contribution in [0.1, 0.15) is 61.9 Å². The molecule has 178 valence electrons. The Morgan fingerprint density at radius 2 is 1.67 bits per heavy atom. The Bertz CT molecular complexity index is 914. The van der Waals surface area contributed by atoms with Crippen LogP contribution in [0.3, 0.4) is 0 Å². The summed E-state index contributed by atoms with van der Waals surface area (Å²) in [6.07, 6.45) is 5.43. The van der Waals surface area contributed by atoms with E-state index in [4.69, 9.17) is 4.74 Å². The number of aromatic carboxylic acids is 1. The Labute approximate surface area is 197 Å². The zero-order valence-corrected chi connectivity index (χ0v) is 19.8. The van der Waals surface area contributed by atoms with Gasteiger partial charge < -0.3 is 14.7 Å². The van der Waals surface area contributed by atoms with Crippen molar-refractivity contribution >= 4 is 17.6 Å². The third-order valence-electron chi connectivity index (χ3n) is 5.90. The predicted molar refractivity (Wildman–Crippen MR) is 131 cm³/mol. The summed E-state index contributed by atoms with van der Waals surface area (Å²) in [5, 5.41) is 9.58. The molecule has 3 rings (SSSR count). The van der Waals surface area contributed by atoms with Crippen molar-refractivity contribution in [3.05, 3.63) is 59.7 Å². The molecule has 2 aromatic rings. The topological polar surface area (TPSA) is 70.1 Å². The second-order valence-electron chi connectivity index (χ2n) is 9.19. The van der Waals surface area contributed by atoms with Crippen molar-refractivity contribution in [2.45, 2.75) is 52.5 Å². The smallest absolute Gasteiger partial charge is 0.335 e. The number of ether oxygens (including phenoxy) is 1. The maximum Gasteiger partial charge on any atom is 0.335 e. The lowest BCUT2D eigenvalue weighted by molar-refractivity contribution is -0.120. The van der Waals surface area contributed by atoms with Crippen molar-refractivity contribution in [2.24, 2.45) is 5.92 Å². The number of nitrogens with zero attached hydrogens (tertiary/aromatic N) is 2. The molecule has 0 unspecified atom stereocenters. The Morgan fingerprint density at radius 1 is 0.970 bits per heavy atom. The third kappa shape index (κ3) is 7.60. The fourth-order valence-corrected chi connectivity index (χ4v) is 4.36. The normalized spacial score (nSPS) is 15.9. The highest BCUT2D eigenvalue weighted by atomic mass is 16.5. The Balaban J connectivity index is 1.91. The number of amides is 1. The van der Waals surface area contributed by atoms with E-state index in [9.17, 15) is 14.7 Å². The molecule has 0 saturated heterocycles. The van der Waals surface area contributed by atoms with E-state index in [-0.39, 0.29) is 18.1 Å². The van der Waals surface area contributed by atoms with E-state index in [0.717, 1.165) is 50.0 Å². The van der Waals surface area contributed by atoms with Crippen LogP contribution in [0.2, 0.25) is 0 Å². The summed E-state index contributed by atoms with van der Waals surface area (Å²) in [5.74, 6) is 0.0889. The van der Waals surface area contributed by atoms with Gasteiger partial charge in [0.2, 0.25) is 0 Å². The molecule has 0 aromatic heterocycles. The van der Waals surface area contributed by atoms with Crippen molar-refractivity contribution < 1.29 is 19.4 Å². The average molecular weight is 453 g/mol. The van der Waals surface area contributed by atoms with Crippen molar-refractivity contribution in [2.75, 3.05) is 31.1 Å². The highest BCUT2D eigenvalue weighted by Gasteiger charge is 2.22. The molecule has 33 heavy (non-hydrogen) atoms. The van der Waals surface area contributed by atoms with Crippen LogP contribution in [0.5, 0.6) is 5.75 Å². The maximum atomic E-state index is 13.3. The molecular formula is C27H36N2O4. The molecule has 1 heterocycles. The molecule has 0 atom stereocenters. The quantitative estimate of drug-likeness (QED) is 0.651. The van der Waals surface area contributed by atoms with Gasteiger partial charge in [-0.15, -0.1) is 0 Å². The highest BCUT2D eigenvalue weighted by molar-refractivity contribution is 5.96. The van der Waals surface area contributed by atoms with Crippen LogP contribution in [-0.2, 0) is 11.3 Å². The minimum atomic E-state index is -0.954. The van der Waals surface area contributed by atoms with Gasteiger partial charge in [0, 0.05) is 25.3 Å². The fourth-order valence-electron chi connectivity index (χ4n) is 4.36. The van der Waals surface area contributed by atoms with Crippen LogP contribution in [0.15, 0.2) is 48.5 Å². The summed E-state index contributed by atoms with van der Waals surface area (Å²) in [7, 11) is 0. The minimum absolute atomic E-state index is 0.0557. The number of anilines is 1. The number of carboxylic acids is 1. The van der Waals surface area contributed by atoms with Crippen LogP contribution < -0.4 is 9.64 Å². The molecule has 0 spiro atoms. The molecule has 0 fully saturated rings.